The lowest BCUT2D eigenvalue weighted by Crippen LogP contribution is -2.17. The summed E-state index contributed by atoms with van der Waals surface area (Å²) >= 11 is 0. The van der Waals surface area contributed by atoms with Crippen LogP contribution in [0.5, 0.6) is 0 Å². The molecule has 0 saturated carbocycles. The Morgan fingerprint density at radius 3 is 1.46 bits per heavy atom. The molecule has 3 aromatic rings. The van der Waals surface area contributed by atoms with Gasteiger partial charge in [0.05, 0.1) is 0 Å². The summed E-state index contributed by atoms with van der Waals surface area (Å²) in [7, 11) is 0. The Morgan fingerprint density at radius 1 is 0.487 bits per heavy atom. The molecule has 0 aliphatic heterocycles. The van der Waals surface area contributed by atoms with Gasteiger partial charge in [-0.3, -0.25) is 4.98 Å². The minimum absolute atomic E-state index is 0.753. The predicted molar refractivity (Wildman–Crippen MR) is 167 cm³/mol. The molecular weight excluding hydrogens is 480 g/mol. The van der Waals surface area contributed by atoms with Crippen molar-refractivity contribution in [2.24, 2.45) is 17.2 Å². The first kappa shape index (κ1) is 32.6. The van der Waals surface area contributed by atoms with E-state index in [4.69, 9.17) is 17.2 Å². The van der Waals surface area contributed by atoms with Crippen molar-refractivity contribution >= 4 is 0 Å². The molecule has 0 amide bonds. The first-order valence-electron chi connectivity index (χ1n) is 14.8. The molecule has 0 aliphatic carbocycles. The summed E-state index contributed by atoms with van der Waals surface area (Å²) in [4.78, 5) is 4.15. The van der Waals surface area contributed by atoms with Gasteiger partial charge in [0.1, 0.15) is 0 Å². The molecule has 2 aromatic carbocycles. The van der Waals surface area contributed by atoms with E-state index in [2.05, 4.69) is 70.2 Å². The zero-order chi connectivity index (χ0) is 27.8. The summed E-state index contributed by atoms with van der Waals surface area (Å²) < 4.78 is 0. The quantitative estimate of drug-likeness (QED) is 0.145. The van der Waals surface area contributed by atoms with Gasteiger partial charge in [0, 0.05) is 25.5 Å². The molecule has 6 nitrogen and oxygen atoms in total. The molecule has 0 unspecified atom stereocenters. The van der Waals surface area contributed by atoms with Crippen LogP contribution in [-0.2, 0) is 32.4 Å². The van der Waals surface area contributed by atoms with Crippen LogP contribution in [0.25, 0.3) is 0 Å². The van der Waals surface area contributed by atoms with Crippen molar-refractivity contribution in [3.63, 3.8) is 0 Å². The van der Waals surface area contributed by atoms with Crippen molar-refractivity contribution in [2.45, 2.75) is 70.9 Å². The van der Waals surface area contributed by atoms with E-state index >= 15 is 0 Å². The standard InChI is InChI=1S/C18H25N3.C15H27N3/c19-11-3-13-21-15-18-9-7-16(8-10-18)4-1-5-17-6-2-12-20-14-17;16-10-3-1-2-5-14-6-8-15(9-7-14)13-18-12-4-11-17/h2,6-10,12,14,21H,1,3-5,11,13,15,19H2;6-9,18H,1-5,10-13,16-17H2. The molecular formula is C33H52N6. The molecule has 0 atom stereocenters. The van der Waals surface area contributed by atoms with Crippen LogP contribution in [0, 0.1) is 0 Å². The Balaban J connectivity index is 0.000000277. The Bertz CT molecular complexity index is 913. The molecule has 0 aliphatic rings. The lowest BCUT2D eigenvalue weighted by atomic mass is 10.0. The SMILES string of the molecule is NCCCCCc1ccc(CNCCCN)cc1.NCCCNCc1ccc(CCCc2cccnc2)cc1. The molecule has 1 heterocycles. The fourth-order valence-corrected chi connectivity index (χ4v) is 4.26. The number of nitrogens with two attached hydrogens (primary N) is 3. The van der Waals surface area contributed by atoms with Crippen molar-refractivity contribution in [1.29, 1.82) is 0 Å². The van der Waals surface area contributed by atoms with Crippen LogP contribution in [0.2, 0.25) is 0 Å². The van der Waals surface area contributed by atoms with Crippen molar-refractivity contribution in [1.82, 2.24) is 15.6 Å². The summed E-state index contributed by atoms with van der Waals surface area (Å²) in [5.74, 6) is 0. The van der Waals surface area contributed by atoms with Crippen molar-refractivity contribution < 1.29 is 0 Å². The topological polar surface area (TPSA) is 115 Å². The third-order valence-corrected chi connectivity index (χ3v) is 6.64. The van der Waals surface area contributed by atoms with Gasteiger partial charge in [0.2, 0.25) is 0 Å². The number of hydrogen-bond acceptors (Lipinski definition) is 6. The third-order valence-electron chi connectivity index (χ3n) is 6.64. The van der Waals surface area contributed by atoms with Gasteiger partial charge < -0.3 is 27.8 Å². The maximum atomic E-state index is 5.48. The number of aryl methyl sites for hydroxylation is 3. The van der Waals surface area contributed by atoms with E-state index in [1.54, 1.807) is 0 Å². The first-order chi connectivity index (χ1) is 19.2. The summed E-state index contributed by atoms with van der Waals surface area (Å²) in [6.45, 7) is 6.18. The van der Waals surface area contributed by atoms with Gasteiger partial charge in [-0.1, -0.05) is 61.0 Å². The Kier molecular flexibility index (Phi) is 18.6. The highest BCUT2D eigenvalue weighted by molar-refractivity contribution is 5.23. The number of nitrogens with zero attached hydrogens (tertiary/aromatic N) is 1. The van der Waals surface area contributed by atoms with Gasteiger partial charge in [-0.25, -0.2) is 0 Å². The van der Waals surface area contributed by atoms with Crippen LogP contribution in [0.15, 0.2) is 73.1 Å². The van der Waals surface area contributed by atoms with E-state index in [1.807, 2.05) is 18.5 Å². The normalized spacial score (nSPS) is 10.7. The fraction of sp³-hybridized carbons (Fsp3) is 0.485. The van der Waals surface area contributed by atoms with E-state index in [9.17, 15) is 0 Å². The Labute approximate surface area is 237 Å². The zero-order valence-electron chi connectivity index (χ0n) is 23.9. The maximum Gasteiger partial charge on any atom is 0.0299 e. The molecule has 0 radical (unpaired) electrons. The van der Waals surface area contributed by atoms with Crippen LogP contribution in [0.4, 0.5) is 0 Å². The Hall–Kier alpha value is -2.61. The van der Waals surface area contributed by atoms with Crippen molar-refractivity contribution in [3.05, 3.63) is 101 Å². The maximum absolute atomic E-state index is 5.48. The number of hydrogen-bond donors (Lipinski definition) is 5. The number of aromatic nitrogens is 1. The lowest BCUT2D eigenvalue weighted by molar-refractivity contribution is 0.655. The number of nitrogens with one attached hydrogen (secondary N) is 2. The van der Waals surface area contributed by atoms with Crippen LogP contribution in [0.3, 0.4) is 0 Å². The van der Waals surface area contributed by atoms with Crippen LogP contribution < -0.4 is 27.8 Å². The highest BCUT2D eigenvalue weighted by Gasteiger charge is 1.98. The zero-order valence-corrected chi connectivity index (χ0v) is 23.9. The third kappa shape index (κ3) is 16.2. The highest BCUT2D eigenvalue weighted by atomic mass is 14.9. The largest absolute Gasteiger partial charge is 0.330 e. The van der Waals surface area contributed by atoms with E-state index < -0.39 is 0 Å². The molecule has 6 heteroatoms. The second-order valence-corrected chi connectivity index (χ2v) is 10.1. The summed E-state index contributed by atoms with van der Waals surface area (Å²) in [5.41, 5.74) is 23.2. The first-order valence-corrected chi connectivity index (χ1v) is 14.8. The van der Waals surface area contributed by atoms with Gasteiger partial charge in [-0.05, 0) is 118 Å². The summed E-state index contributed by atoms with van der Waals surface area (Å²) in [6.07, 6.45) is 14.0. The number of rotatable bonds is 19. The molecule has 8 N–H and O–H groups in total. The molecule has 0 bridgehead atoms. The molecule has 0 saturated heterocycles. The summed E-state index contributed by atoms with van der Waals surface area (Å²) in [5, 5.41) is 6.79. The van der Waals surface area contributed by atoms with Gasteiger partial charge in [0.25, 0.3) is 0 Å². The molecule has 214 valence electrons. The second kappa shape index (κ2) is 22.2. The van der Waals surface area contributed by atoms with Gasteiger partial charge in [-0.2, -0.15) is 0 Å². The minimum atomic E-state index is 0.753. The molecule has 0 fully saturated rings. The Morgan fingerprint density at radius 2 is 0.974 bits per heavy atom. The summed E-state index contributed by atoms with van der Waals surface area (Å²) in [6, 6.07) is 22.0. The minimum Gasteiger partial charge on any atom is -0.330 e. The number of pyridine rings is 1. The molecule has 0 spiro atoms. The van der Waals surface area contributed by atoms with Crippen LogP contribution >= 0.6 is 0 Å². The highest BCUT2D eigenvalue weighted by Crippen LogP contribution is 2.10. The smallest absolute Gasteiger partial charge is 0.0299 e. The number of unbranched alkanes of at least 4 members (excludes halogenated alkanes) is 2. The van der Waals surface area contributed by atoms with Crippen LogP contribution in [0.1, 0.15) is 66.3 Å². The average molecular weight is 533 g/mol. The van der Waals surface area contributed by atoms with E-state index in [-0.39, 0.29) is 0 Å². The van der Waals surface area contributed by atoms with Gasteiger partial charge in [-0.15, -0.1) is 0 Å². The average Bonchev–Trinajstić information content (AvgIpc) is 2.98. The van der Waals surface area contributed by atoms with Gasteiger partial charge in [0.15, 0.2) is 0 Å². The van der Waals surface area contributed by atoms with Gasteiger partial charge >= 0.3 is 0 Å². The molecule has 39 heavy (non-hydrogen) atoms. The predicted octanol–water partition coefficient (Wildman–Crippen LogP) is 4.49. The molecule has 1 aromatic heterocycles. The fourth-order valence-electron chi connectivity index (χ4n) is 4.26. The van der Waals surface area contributed by atoms with E-state index in [0.717, 1.165) is 77.9 Å². The lowest BCUT2D eigenvalue weighted by Gasteiger charge is -2.06. The molecule has 3 rings (SSSR count). The second-order valence-electron chi connectivity index (χ2n) is 10.1. The number of benzene rings is 2. The van der Waals surface area contributed by atoms with Crippen molar-refractivity contribution in [3.8, 4) is 0 Å². The van der Waals surface area contributed by atoms with Crippen molar-refractivity contribution in [2.75, 3.05) is 32.7 Å². The van der Waals surface area contributed by atoms with E-state index in [1.165, 1.54) is 53.5 Å². The monoisotopic (exact) mass is 532 g/mol. The van der Waals surface area contributed by atoms with E-state index in [0.29, 0.717) is 0 Å². The van der Waals surface area contributed by atoms with Crippen LogP contribution in [-0.4, -0.2) is 37.7 Å².